The van der Waals surface area contributed by atoms with Gasteiger partial charge in [0.1, 0.15) is 5.82 Å². The first kappa shape index (κ1) is 12.5. The van der Waals surface area contributed by atoms with Crippen molar-refractivity contribution in [2.75, 3.05) is 0 Å². The Balaban J connectivity index is 2.16. The largest absolute Gasteiger partial charge is 0.337 e. The standard InChI is InChI=1S/C12H15IN4/c1-17-7-6-15-12(17)11(16-14)8-9-2-4-10(13)5-3-9/h2-7,11,16H,8,14H2,1H3. The maximum absolute atomic E-state index is 5.61. The number of nitrogens with zero attached hydrogens (tertiary/aromatic N) is 2. The van der Waals surface area contributed by atoms with Crippen LogP contribution in [0.5, 0.6) is 0 Å². The highest BCUT2D eigenvalue weighted by Gasteiger charge is 2.14. The van der Waals surface area contributed by atoms with Crippen LogP contribution in [-0.2, 0) is 13.5 Å². The molecule has 0 fully saturated rings. The molecule has 0 saturated carbocycles. The van der Waals surface area contributed by atoms with Gasteiger partial charge in [-0.25, -0.2) is 10.4 Å². The summed E-state index contributed by atoms with van der Waals surface area (Å²) in [5, 5.41) is 0. The van der Waals surface area contributed by atoms with Crippen LogP contribution >= 0.6 is 22.6 Å². The molecule has 1 atom stereocenters. The molecule has 1 unspecified atom stereocenters. The van der Waals surface area contributed by atoms with E-state index in [1.165, 1.54) is 9.13 Å². The Hall–Kier alpha value is -0.920. The second kappa shape index (κ2) is 5.61. The highest BCUT2D eigenvalue weighted by Crippen LogP contribution is 2.16. The zero-order valence-corrected chi connectivity index (χ0v) is 11.8. The lowest BCUT2D eigenvalue weighted by Gasteiger charge is -2.15. The molecule has 3 N–H and O–H groups in total. The fourth-order valence-corrected chi connectivity index (χ4v) is 2.15. The van der Waals surface area contributed by atoms with Crippen molar-refractivity contribution in [3.8, 4) is 0 Å². The summed E-state index contributed by atoms with van der Waals surface area (Å²) in [7, 11) is 1.97. The predicted octanol–water partition coefficient (Wildman–Crippen LogP) is 1.77. The van der Waals surface area contributed by atoms with Gasteiger partial charge in [-0.2, -0.15) is 0 Å². The number of hydrogen-bond acceptors (Lipinski definition) is 3. The Labute approximate surface area is 114 Å². The van der Waals surface area contributed by atoms with E-state index in [9.17, 15) is 0 Å². The number of rotatable bonds is 4. The summed E-state index contributed by atoms with van der Waals surface area (Å²) in [4.78, 5) is 4.32. The minimum Gasteiger partial charge on any atom is -0.337 e. The Morgan fingerprint density at radius 1 is 1.41 bits per heavy atom. The van der Waals surface area contributed by atoms with Crippen molar-refractivity contribution in [2.24, 2.45) is 12.9 Å². The average molecular weight is 342 g/mol. The molecule has 1 aromatic heterocycles. The average Bonchev–Trinajstić information content (AvgIpc) is 2.75. The van der Waals surface area contributed by atoms with Gasteiger partial charge in [-0.1, -0.05) is 12.1 Å². The summed E-state index contributed by atoms with van der Waals surface area (Å²) < 4.78 is 3.22. The lowest BCUT2D eigenvalue weighted by atomic mass is 10.1. The number of aryl methyl sites for hydroxylation is 1. The smallest absolute Gasteiger partial charge is 0.127 e. The number of benzene rings is 1. The molecule has 0 amide bonds. The first-order chi connectivity index (χ1) is 8.20. The van der Waals surface area contributed by atoms with Crippen molar-refractivity contribution in [1.82, 2.24) is 15.0 Å². The lowest BCUT2D eigenvalue weighted by molar-refractivity contribution is 0.507. The topological polar surface area (TPSA) is 55.9 Å². The Morgan fingerprint density at radius 3 is 2.65 bits per heavy atom. The summed E-state index contributed by atoms with van der Waals surface area (Å²) in [5.41, 5.74) is 4.07. The van der Waals surface area contributed by atoms with E-state index >= 15 is 0 Å². The number of nitrogens with two attached hydrogens (primary N) is 1. The highest BCUT2D eigenvalue weighted by atomic mass is 127. The summed E-state index contributed by atoms with van der Waals surface area (Å²) in [6.45, 7) is 0. The van der Waals surface area contributed by atoms with Gasteiger partial charge >= 0.3 is 0 Å². The molecular weight excluding hydrogens is 327 g/mol. The van der Waals surface area contributed by atoms with Gasteiger partial charge in [0.25, 0.3) is 0 Å². The number of hydrogen-bond donors (Lipinski definition) is 2. The second-order valence-corrected chi connectivity index (χ2v) is 5.19. The highest BCUT2D eigenvalue weighted by molar-refractivity contribution is 14.1. The Morgan fingerprint density at radius 2 is 2.12 bits per heavy atom. The van der Waals surface area contributed by atoms with Gasteiger partial charge in [0.05, 0.1) is 6.04 Å². The normalized spacial score (nSPS) is 12.6. The van der Waals surface area contributed by atoms with Crippen molar-refractivity contribution in [1.29, 1.82) is 0 Å². The molecular formula is C12H15IN4. The van der Waals surface area contributed by atoms with Crippen LogP contribution < -0.4 is 11.3 Å². The number of nitrogens with one attached hydrogen (secondary N) is 1. The Kier molecular flexibility index (Phi) is 4.14. The quantitative estimate of drug-likeness (QED) is 0.506. The summed E-state index contributed by atoms with van der Waals surface area (Å²) >= 11 is 2.30. The minimum absolute atomic E-state index is 0.0371. The van der Waals surface area contributed by atoms with Crippen molar-refractivity contribution in [3.05, 3.63) is 51.6 Å². The maximum atomic E-state index is 5.61. The van der Waals surface area contributed by atoms with Crippen LogP contribution in [0.15, 0.2) is 36.7 Å². The van der Waals surface area contributed by atoms with E-state index in [1.807, 2.05) is 17.8 Å². The molecule has 0 aliphatic rings. The van der Waals surface area contributed by atoms with E-state index in [-0.39, 0.29) is 6.04 Å². The van der Waals surface area contributed by atoms with E-state index in [4.69, 9.17) is 5.84 Å². The molecule has 0 saturated heterocycles. The second-order valence-electron chi connectivity index (χ2n) is 3.95. The predicted molar refractivity (Wildman–Crippen MR) is 76.1 cm³/mol. The third-order valence-electron chi connectivity index (χ3n) is 2.72. The maximum Gasteiger partial charge on any atom is 0.127 e. The van der Waals surface area contributed by atoms with Crippen LogP contribution in [0.25, 0.3) is 0 Å². The van der Waals surface area contributed by atoms with Crippen molar-refractivity contribution < 1.29 is 0 Å². The molecule has 2 rings (SSSR count). The first-order valence-electron chi connectivity index (χ1n) is 5.38. The van der Waals surface area contributed by atoms with E-state index in [1.54, 1.807) is 6.20 Å². The molecule has 1 heterocycles. The first-order valence-corrected chi connectivity index (χ1v) is 6.46. The molecule has 0 aliphatic carbocycles. The fourth-order valence-electron chi connectivity index (χ4n) is 1.79. The monoisotopic (exact) mass is 342 g/mol. The number of imidazole rings is 1. The molecule has 0 aliphatic heterocycles. The molecule has 17 heavy (non-hydrogen) atoms. The van der Waals surface area contributed by atoms with Crippen molar-refractivity contribution >= 4 is 22.6 Å². The Bertz CT molecular complexity index is 478. The van der Waals surface area contributed by atoms with E-state index < -0.39 is 0 Å². The van der Waals surface area contributed by atoms with Crippen LogP contribution in [0.4, 0.5) is 0 Å². The van der Waals surface area contributed by atoms with Gasteiger partial charge in [0.2, 0.25) is 0 Å². The molecule has 4 nitrogen and oxygen atoms in total. The van der Waals surface area contributed by atoms with Crippen LogP contribution in [0.1, 0.15) is 17.4 Å². The van der Waals surface area contributed by atoms with E-state index in [0.29, 0.717) is 0 Å². The molecule has 1 aromatic carbocycles. The SMILES string of the molecule is Cn1ccnc1C(Cc1ccc(I)cc1)NN. The van der Waals surface area contributed by atoms with Crippen LogP contribution in [0, 0.1) is 3.57 Å². The van der Waals surface area contributed by atoms with Gasteiger partial charge in [0.15, 0.2) is 0 Å². The summed E-state index contributed by atoms with van der Waals surface area (Å²) in [6, 6.07) is 8.48. The minimum atomic E-state index is 0.0371. The molecule has 90 valence electrons. The van der Waals surface area contributed by atoms with Gasteiger partial charge < -0.3 is 4.57 Å². The van der Waals surface area contributed by atoms with Crippen LogP contribution in [0.2, 0.25) is 0 Å². The van der Waals surface area contributed by atoms with Crippen LogP contribution in [-0.4, -0.2) is 9.55 Å². The van der Waals surface area contributed by atoms with Crippen LogP contribution in [0.3, 0.4) is 0 Å². The number of hydrazine groups is 1. The van der Waals surface area contributed by atoms with Gasteiger partial charge in [0, 0.05) is 23.0 Å². The lowest BCUT2D eigenvalue weighted by Crippen LogP contribution is -2.31. The zero-order chi connectivity index (χ0) is 12.3. The molecule has 0 radical (unpaired) electrons. The molecule has 0 spiro atoms. The van der Waals surface area contributed by atoms with E-state index in [2.05, 4.69) is 57.3 Å². The zero-order valence-electron chi connectivity index (χ0n) is 9.60. The van der Waals surface area contributed by atoms with Gasteiger partial charge in [-0.05, 0) is 46.7 Å². The van der Waals surface area contributed by atoms with Crippen molar-refractivity contribution in [2.45, 2.75) is 12.5 Å². The third kappa shape index (κ3) is 3.05. The molecule has 5 heteroatoms. The third-order valence-corrected chi connectivity index (χ3v) is 3.44. The number of aromatic nitrogens is 2. The summed E-state index contributed by atoms with van der Waals surface area (Å²) in [6.07, 6.45) is 4.54. The molecule has 2 aromatic rings. The van der Waals surface area contributed by atoms with Crippen molar-refractivity contribution in [3.63, 3.8) is 0 Å². The molecule has 0 bridgehead atoms. The van der Waals surface area contributed by atoms with E-state index in [0.717, 1.165) is 12.2 Å². The fraction of sp³-hybridized carbons (Fsp3) is 0.250. The van der Waals surface area contributed by atoms with Gasteiger partial charge in [-0.15, -0.1) is 0 Å². The van der Waals surface area contributed by atoms with Gasteiger partial charge in [-0.3, -0.25) is 5.84 Å². The summed E-state index contributed by atoms with van der Waals surface area (Å²) in [5.74, 6) is 6.56. The number of halogens is 1.